The molecule has 0 amide bonds. The molecule has 0 saturated heterocycles. The normalized spacial score (nSPS) is 12.2. The zero-order chi connectivity index (χ0) is 15.0. The van der Waals surface area contributed by atoms with Crippen LogP contribution in [-0.4, -0.2) is 28.2 Å². The first-order valence-electron chi connectivity index (χ1n) is 7.31. The lowest BCUT2D eigenvalue weighted by molar-refractivity contribution is 0.229. The summed E-state index contributed by atoms with van der Waals surface area (Å²) in [5.74, 6) is 8.17. The van der Waals surface area contributed by atoms with Crippen LogP contribution in [0.15, 0.2) is 0 Å². The maximum absolute atomic E-state index is 9.00. The van der Waals surface area contributed by atoms with Gasteiger partial charge in [-0.3, -0.25) is 0 Å². The summed E-state index contributed by atoms with van der Waals surface area (Å²) < 4.78 is 0. The Hall–Kier alpha value is -1.40. The molecular weight excluding hydrogens is 254 g/mol. The quantitative estimate of drug-likeness (QED) is 0.313. The summed E-state index contributed by atoms with van der Waals surface area (Å²) in [5, 5.41) is 12.3. The second kappa shape index (κ2) is 8.71. The van der Waals surface area contributed by atoms with Crippen molar-refractivity contribution >= 4 is 11.6 Å². The molecule has 1 aromatic rings. The summed E-state index contributed by atoms with van der Waals surface area (Å²) in [7, 11) is 0. The maximum Gasteiger partial charge on any atom is 0.148 e. The van der Waals surface area contributed by atoms with Gasteiger partial charge in [-0.1, -0.05) is 13.8 Å². The molecule has 0 aliphatic carbocycles. The average molecular weight is 281 g/mol. The second-order valence-corrected chi connectivity index (χ2v) is 5.21. The number of rotatable bonds is 9. The minimum Gasteiger partial charge on any atom is -0.396 e. The predicted octanol–water partition coefficient (Wildman–Crippen LogP) is 1.84. The van der Waals surface area contributed by atoms with Gasteiger partial charge in [0.1, 0.15) is 17.5 Å². The fourth-order valence-corrected chi connectivity index (χ4v) is 1.96. The Balaban J connectivity index is 2.65. The Labute approximate surface area is 121 Å². The molecule has 114 valence electrons. The number of aromatic nitrogens is 2. The monoisotopic (exact) mass is 281 g/mol. The third kappa shape index (κ3) is 4.94. The number of hydrogen-bond donors (Lipinski definition) is 4. The standard InChI is InChI=1S/C14H27N5O/c1-4-6-12-17-13(11(3)14(18-12)19-15)16-8-5-7-10(2)9-20/h10,20H,4-9,15H2,1-3H3,(H2,16,17,18,19). The van der Waals surface area contributed by atoms with Gasteiger partial charge in [0.05, 0.1) is 0 Å². The van der Waals surface area contributed by atoms with Crippen LogP contribution in [-0.2, 0) is 6.42 Å². The van der Waals surface area contributed by atoms with E-state index in [9.17, 15) is 0 Å². The van der Waals surface area contributed by atoms with Gasteiger partial charge >= 0.3 is 0 Å². The summed E-state index contributed by atoms with van der Waals surface area (Å²) in [5.41, 5.74) is 3.56. The Morgan fingerprint density at radius 3 is 2.60 bits per heavy atom. The van der Waals surface area contributed by atoms with Crippen LogP contribution in [0.1, 0.15) is 44.5 Å². The van der Waals surface area contributed by atoms with Crippen LogP contribution in [0.3, 0.4) is 0 Å². The van der Waals surface area contributed by atoms with Gasteiger partial charge in [0, 0.05) is 25.1 Å². The highest BCUT2D eigenvalue weighted by molar-refractivity contribution is 5.56. The van der Waals surface area contributed by atoms with Gasteiger partial charge in [0.25, 0.3) is 0 Å². The van der Waals surface area contributed by atoms with Crippen LogP contribution in [0.25, 0.3) is 0 Å². The highest BCUT2D eigenvalue weighted by Crippen LogP contribution is 2.20. The lowest BCUT2D eigenvalue weighted by Crippen LogP contribution is -2.15. The van der Waals surface area contributed by atoms with E-state index in [-0.39, 0.29) is 6.61 Å². The van der Waals surface area contributed by atoms with Crippen molar-refractivity contribution in [3.8, 4) is 0 Å². The van der Waals surface area contributed by atoms with Crippen LogP contribution >= 0.6 is 0 Å². The third-order valence-electron chi connectivity index (χ3n) is 3.28. The molecule has 0 aliphatic heterocycles. The molecule has 1 heterocycles. The van der Waals surface area contributed by atoms with Crippen LogP contribution in [0.5, 0.6) is 0 Å². The van der Waals surface area contributed by atoms with Crippen LogP contribution < -0.4 is 16.6 Å². The lowest BCUT2D eigenvalue weighted by Gasteiger charge is -2.14. The second-order valence-electron chi connectivity index (χ2n) is 5.21. The fourth-order valence-electron chi connectivity index (χ4n) is 1.96. The molecular formula is C14H27N5O. The van der Waals surface area contributed by atoms with E-state index in [1.54, 1.807) is 0 Å². The first kappa shape index (κ1) is 16.7. The number of nitrogens with zero attached hydrogens (tertiary/aromatic N) is 2. The van der Waals surface area contributed by atoms with Gasteiger partial charge < -0.3 is 15.8 Å². The Morgan fingerprint density at radius 1 is 1.30 bits per heavy atom. The molecule has 0 radical (unpaired) electrons. The lowest BCUT2D eigenvalue weighted by atomic mass is 10.1. The molecule has 1 unspecified atom stereocenters. The summed E-state index contributed by atoms with van der Waals surface area (Å²) >= 11 is 0. The molecule has 1 rings (SSSR count). The van der Waals surface area contributed by atoms with Crippen molar-refractivity contribution in [1.82, 2.24) is 9.97 Å². The fraction of sp³-hybridized carbons (Fsp3) is 0.714. The minimum absolute atomic E-state index is 0.244. The molecule has 6 heteroatoms. The van der Waals surface area contributed by atoms with Crippen molar-refractivity contribution < 1.29 is 5.11 Å². The van der Waals surface area contributed by atoms with Crippen molar-refractivity contribution in [1.29, 1.82) is 0 Å². The van der Waals surface area contributed by atoms with E-state index in [1.165, 1.54) is 0 Å². The zero-order valence-corrected chi connectivity index (χ0v) is 12.7. The van der Waals surface area contributed by atoms with E-state index in [4.69, 9.17) is 10.9 Å². The molecule has 0 saturated carbocycles. The van der Waals surface area contributed by atoms with Crippen molar-refractivity contribution in [3.05, 3.63) is 11.4 Å². The number of aliphatic hydroxyl groups excluding tert-OH is 1. The maximum atomic E-state index is 9.00. The number of hydrogen-bond acceptors (Lipinski definition) is 6. The number of nitrogens with two attached hydrogens (primary N) is 1. The van der Waals surface area contributed by atoms with E-state index in [2.05, 4.69) is 27.6 Å². The zero-order valence-electron chi connectivity index (χ0n) is 12.7. The SMILES string of the molecule is CCCc1nc(NN)c(C)c(NCCCC(C)CO)n1. The number of nitrogens with one attached hydrogen (secondary N) is 2. The van der Waals surface area contributed by atoms with E-state index in [0.717, 1.165) is 49.4 Å². The summed E-state index contributed by atoms with van der Waals surface area (Å²) in [6.07, 6.45) is 3.84. The molecule has 0 bridgehead atoms. The van der Waals surface area contributed by atoms with Crippen molar-refractivity contribution in [2.24, 2.45) is 11.8 Å². The van der Waals surface area contributed by atoms with Gasteiger partial charge in [-0.25, -0.2) is 15.8 Å². The highest BCUT2D eigenvalue weighted by atomic mass is 16.3. The van der Waals surface area contributed by atoms with Crippen molar-refractivity contribution in [2.75, 3.05) is 23.9 Å². The van der Waals surface area contributed by atoms with E-state index in [1.807, 2.05) is 13.8 Å². The van der Waals surface area contributed by atoms with Gasteiger partial charge in [-0.15, -0.1) is 0 Å². The number of anilines is 2. The molecule has 0 aromatic carbocycles. The Bertz CT molecular complexity index is 411. The van der Waals surface area contributed by atoms with E-state index >= 15 is 0 Å². The molecule has 0 aliphatic rings. The van der Waals surface area contributed by atoms with E-state index < -0.39 is 0 Å². The first-order chi connectivity index (χ1) is 9.62. The van der Waals surface area contributed by atoms with Gasteiger partial charge in [-0.05, 0) is 32.1 Å². The summed E-state index contributed by atoms with van der Waals surface area (Å²) in [6.45, 7) is 7.17. The molecule has 5 N–H and O–H groups in total. The topological polar surface area (TPSA) is 96.1 Å². The molecule has 1 atom stereocenters. The molecule has 1 aromatic heterocycles. The number of aryl methyl sites for hydroxylation is 1. The first-order valence-corrected chi connectivity index (χ1v) is 7.31. The van der Waals surface area contributed by atoms with Crippen molar-refractivity contribution in [2.45, 2.75) is 46.5 Å². The summed E-state index contributed by atoms with van der Waals surface area (Å²) in [6, 6.07) is 0. The molecule has 0 fully saturated rings. The number of hydrazine groups is 1. The van der Waals surface area contributed by atoms with Crippen molar-refractivity contribution in [3.63, 3.8) is 0 Å². The molecule has 0 spiro atoms. The number of nitrogen functional groups attached to an aromatic ring is 1. The van der Waals surface area contributed by atoms with Crippen LogP contribution in [0, 0.1) is 12.8 Å². The highest BCUT2D eigenvalue weighted by Gasteiger charge is 2.09. The Morgan fingerprint density at radius 2 is 2.00 bits per heavy atom. The van der Waals surface area contributed by atoms with Gasteiger partial charge in [0.2, 0.25) is 0 Å². The molecule has 20 heavy (non-hydrogen) atoms. The largest absolute Gasteiger partial charge is 0.396 e. The third-order valence-corrected chi connectivity index (χ3v) is 3.28. The minimum atomic E-state index is 0.244. The van der Waals surface area contributed by atoms with Crippen LogP contribution in [0.4, 0.5) is 11.6 Å². The number of aliphatic hydroxyl groups is 1. The van der Waals surface area contributed by atoms with Gasteiger partial charge in [-0.2, -0.15) is 0 Å². The predicted molar refractivity (Wildman–Crippen MR) is 82.5 cm³/mol. The van der Waals surface area contributed by atoms with Crippen LogP contribution in [0.2, 0.25) is 0 Å². The van der Waals surface area contributed by atoms with E-state index in [0.29, 0.717) is 11.7 Å². The average Bonchev–Trinajstić information content (AvgIpc) is 2.46. The molecule has 6 nitrogen and oxygen atoms in total. The summed E-state index contributed by atoms with van der Waals surface area (Å²) in [4.78, 5) is 8.93. The Kier molecular flexibility index (Phi) is 7.25. The van der Waals surface area contributed by atoms with Gasteiger partial charge in [0.15, 0.2) is 0 Å². The smallest absolute Gasteiger partial charge is 0.148 e.